The Bertz CT molecular complexity index is 447. The Morgan fingerprint density at radius 2 is 2.25 bits per heavy atom. The third-order valence-electron chi connectivity index (χ3n) is 2.04. The maximum absolute atomic E-state index is 11.9. The van der Waals surface area contributed by atoms with Gasteiger partial charge < -0.3 is 4.74 Å². The molecule has 4 nitrogen and oxygen atoms in total. The molecule has 0 saturated carbocycles. The Balaban J connectivity index is 2.98. The van der Waals surface area contributed by atoms with Gasteiger partial charge in [-0.25, -0.2) is 13.4 Å². The summed E-state index contributed by atoms with van der Waals surface area (Å²) in [4.78, 5) is 4.08. The van der Waals surface area contributed by atoms with Crippen molar-refractivity contribution < 1.29 is 13.2 Å². The van der Waals surface area contributed by atoms with Gasteiger partial charge in [0.2, 0.25) is 5.88 Å². The Labute approximate surface area is 101 Å². The van der Waals surface area contributed by atoms with Crippen LogP contribution in [0.3, 0.4) is 0 Å². The molecule has 0 aliphatic rings. The van der Waals surface area contributed by atoms with E-state index in [0.717, 1.165) is 0 Å². The van der Waals surface area contributed by atoms with Crippen LogP contribution < -0.4 is 4.74 Å². The first kappa shape index (κ1) is 13.3. The summed E-state index contributed by atoms with van der Waals surface area (Å²) in [5.41, 5.74) is 0. The van der Waals surface area contributed by atoms with E-state index in [9.17, 15) is 8.42 Å². The molecule has 90 valence electrons. The summed E-state index contributed by atoms with van der Waals surface area (Å²) in [6.07, 6.45) is 1.41. The van der Waals surface area contributed by atoms with Gasteiger partial charge in [0.05, 0.1) is 17.8 Å². The fraction of sp³-hybridized carbons (Fsp3) is 0.500. The first-order chi connectivity index (χ1) is 7.49. The fourth-order valence-electron chi connectivity index (χ4n) is 1.21. The molecule has 0 N–H and O–H groups in total. The monoisotopic (exact) mass is 263 g/mol. The maximum Gasteiger partial charge on any atom is 0.214 e. The number of hydrogen-bond donors (Lipinski definition) is 0. The molecule has 0 radical (unpaired) electrons. The van der Waals surface area contributed by atoms with Gasteiger partial charge in [-0.05, 0) is 12.0 Å². The first-order valence-corrected chi connectivity index (χ1v) is 6.97. The normalized spacial score (nSPS) is 13.4. The minimum absolute atomic E-state index is 0.0314. The van der Waals surface area contributed by atoms with Gasteiger partial charge in [-0.1, -0.05) is 6.92 Å². The van der Waals surface area contributed by atoms with Crippen molar-refractivity contribution in [2.24, 2.45) is 5.92 Å². The number of sulfone groups is 1. The number of aromatic nitrogens is 1. The molecule has 0 aromatic carbocycles. The molecule has 0 bridgehead atoms. The zero-order valence-corrected chi connectivity index (χ0v) is 10.8. The predicted octanol–water partition coefficient (Wildman–Crippen LogP) is 1.74. The molecule has 6 heteroatoms. The van der Waals surface area contributed by atoms with Crippen LogP contribution in [0.1, 0.15) is 6.92 Å². The lowest BCUT2D eigenvalue weighted by molar-refractivity contribution is 0.396. The molecular formula is C10H14ClNO3S. The molecule has 0 amide bonds. The zero-order valence-electron chi connectivity index (χ0n) is 9.18. The lowest BCUT2D eigenvalue weighted by atomic mass is 10.3. The van der Waals surface area contributed by atoms with Crippen LogP contribution in [-0.2, 0) is 9.84 Å². The van der Waals surface area contributed by atoms with E-state index in [4.69, 9.17) is 16.3 Å². The highest BCUT2D eigenvalue weighted by atomic mass is 35.5. The van der Waals surface area contributed by atoms with Crippen LogP contribution in [0.4, 0.5) is 0 Å². The molecule has 0 fully saturated rings. The molecule has 1 aromatic rings. The number of ether oxygens (including phenoxy) is 1. The summed E-state index contributed by atoms with van der Waals surface area (Å²) in [5.74, 6) is 0.566. The molecule has 0 aliphatic carbocycles. The predicted molar refractivity (Wildman–Crippen MR) is 62.7 cm³/mol. The smallest absolute Gasteiger partial charge is 0.214 e. The first-order valence-electron chi connectivity index (χ1n) is 4.78. The van der Waals surface area contributed by atoms with Crippen LogP contribution >= 0.6 is 11.6 Å². The van der Waals surface area contributed by atoms with E-state index in [1.54, 1.807) is 6.92 Å². The lowest BCUT2D eigenvalue weighted by Crippen LogP contribution is -2.15. The summed E-state index contributed by atoms with van der Waals surface area (Å²) in [6, 6.07) is 2.87. The SMILES string of the molecule is COc1cc(S(=O)(=O)CC(C)CCl)ccn1. The largest absolute Gasteiger partial charge is 0.481 e. The second-order valence-electron chi connectivity index (χ2n) is 3.57. The van der Waals surface area contributed by atoms with Crippen molar-refractivity contribution >= 4 is 21.4 Å². The van der Waals surface area contributed by atoms with Gasteiger partial charge in [-0.3, -0.25) is 0 Å². The van der Waals surface area contributed by atoms with Gasteiger partial charge >= 0.3 is 0 Å². The van der Waals surface area contributed by atoms with Gasteiger partial charge in [0.1, 0.15) is 0 Å². The van der Waals surface area contributed by atoms with E-state index in [1.807, 2.05) is 0 Å². The van der Waals surface area contributed by atoms with E-state index in [1.165, 1.54) is 25.4 Å². The van der Waals surface area contributed by atoms with Crippen molar-refractivity contribution in [3.8, 4) is 5.88 Å². The Morgan fingerprint density at radius 1 is 1.56 bits per heavy atom. The number of hydrogen-bond acceptors (Lipinski definition) is 4. The highest BCUT2D eigenvalue weighted by Crippen LogP contribution is 2.18. The minimum atomic E-state index is -3.31. The summed E-state index contributed by atoms with van der Waals surface area (Å²) in [6.45, 7) is 1.79. The number of nitrogens with zero attached hydrogens (tertiary/aromatic N) is 1. The van der Waals surface area contributed by atoms with Gasteiger partial charge in [0, 0.05) is 18.1 Å². The summed E-state index contributed by atoms with van der Waals surface area (Å²) < 4.78 is 28.7. The summed E-state index contributed by atoms with van der Waals surface area (Å²) in [7, 11) is -1.86. The lowest BCUT2D eigenvalue weighted by Gasteiger charge is -2.09. The molecule has 0 saturated heterocycles. The van der Waals surface area contributed by atoms with E-state index in [-0.39, 0.29) is 16.6 Å². The van der Waals surface area contributed by atoms with E-state index >= 15 is 0 Å². The van der Waals surface area contributed by atoms with Crippen LogP contribution in [0.2, 0.25) is 0 Å². The second-order valence-corrected chi connectivity index (χ2v) is 5.92. The molecule has 1 heterocycles. The number of halogens is 1. The molecule has 1 unspecified atom stereocenters. The summed E-state index contributed by atoms with van der Waals surface area (Å²) in [5, 5.41) is 0. The molecule has 0 spiro atoms. The highest BCUT2D eigenvalue weighted by Gasteiger charge is 2.18. The van der Waals surface area contributed by atoms with Crippen LogP contribution in [0.5, 0.6) is 5.88 Å². The third-order valence-corrected chi connectivity index (χ3v) is 4.55. The average Bonchev–Trinajstić information content (AvgIpc) is 2.28. The van der Waals surface area contributed by atoms with Crippen LogP contribution in [0, 0.1) is 5.92 Å². The zero-order chi connectivity index (χ0) is 12.2. The molecule has 0 aliphatic heterocycles. The van der Waals surface area contributed by atoms with Crippen molar-refractivity contribution in [3.63, 3.8) is 0 Å². The topological polar surface area (TPSA) is 56.3 Å². The second kappa shape index (κ2) is 5.50. The van der Waals surface area contributed by atoms with Crippen molar-refractivity contribution in [2.75, 3.05) is 18.7 Å². The molecular weight excluding hydrogens is 250 g/mol. The fourth-order valence-corrected chi connectivity index (χ4v) is 3.06. The third kappa shape index (κ3) is 3.35. The Hall–Kier alpha value is -0.810. The van der Waals surface area contributed by atoms with Gasteiger partial charge in [0.25, 0.3) is 0 Å². The molecule has 16 heavy (non-hydrogen) atoms. The molecule has 1 rings (SSSR count). The van der Waals surface area contributed by atoms with Gasteiger partial charge in [0.15, 0.2) is 9.84 Å². The van der Waals surface area contributed by atoms with E-state index < -0.39 is 9.84 Å². The Morgan fingerprint density at radius 3 is 2.81 bits per heavy atom. The van der Waals surface area contributed by atoms with Crippen LogP contribution in [0.15, 0.2) is 23.2 Å². The number of rotatable bonds is 5. The standard InChI is InChI=1S/C10H14ClNO3S/c1-8(6-11)7-16(13,14)9-3-4-12-10(5-9)15-2/h3-5,8H,6-7H2,1-2H3. The minimum Gasteiger partial charge on any atom is -0.481 e. The Kier molecular flexibility index (Phi) is 4.56. The van der Waals surface area contributed by atoms with Gasteiger partial charge in [-0.15, -0.1) is 11.6 Å². The number of alkyl halides is 1. The van der Waals surface area contributed by atoms with E-state index in [0.29, 0.717) is 11.8 Å². The average molecular weight is 264 g/mol. The van der Waals surface area contributed by atoms with Crippen molar-refractivity contribution in [3.05, 3.63) is 18.3 Å². The number of methoxy groups -OCH3 is 1. The number of pyridine rings is 1. The van der Waals surface area contributed by atoms with Crippen molar-refractivity contribution in [2.45, 2.75) is 11.8 Å². The van der Waals surface area contributed by atoms with Crippen molar-refractivity contribution in [1.29, 1.82) is 0 Å². The molecule has 1 atom stereocenters. The molecule has 1 aromatic heterocycles. The van der Waals surface area contributed by atoms with E-state index in [2.05, 4.69) is 4.98 Å². The van der Waals surface area contributed by atoms with Crippen LogP contribution in [0.25, 0.3) is 0 Å². The highest BCUT2D eigenvalue weighted by molar-refractivity contribution is 7.91. The maximum atomic E-state index is 11.9. The van der Waals surface area contributed by atoms with Crippen LogP contribution in [-0.4, -0.2) is 32.1 Å². The quantitative estimate of drug-likeness (QED) is 0.760. The van der Waals surface area contributed by atoms with Crippen molar-refractivity contribution in [1.82, 2.24) is 4.98 Å². The summed E-state index contributed by atoms with van der Waals surface area (Å²) >= 11 is 5.60. The van der Waals surface area contributed by atoms with Gasteiger partial charge in [-0.2, -0.15) is 0 Å².